The van der Waals surface area contributed by atoms with E-state index in [4.69, 9.17) is 4.74 Å². The van der Waals surface area contributed by atoms with Crippen molar-refractivity contribution >= 4 is 23.3 Å². The Morgan fingerprint density at radius 1 is 1.29 bits per heavy atom. The van der Waals surface area contributed by atoms with Gasteiger partial charge in [-0.25, -0.2) is 4.79 Å². The van der Waals surface area contributed by atoms with Gasteiger partial charge in [0.15, 0.2) is 6.10 Å². The molecule has 1 aliphatic heterocycles. The molecule has 0 aliphatic carbocycles. The molecule has 1 amide bonds. The average Bonchev–Trinajstić information content (AvgIpc) is 2.56. The van der Waals surface area contributed by atoms with Crippen LogP contribution in [0.2, 0.25) is 0 Å². The van der Waals surface area contributed by atoms with Crippen LogP contribution >= 0.6 is 0 Å². The van der Waals surface area contributed by atoms with Crippen LogP contribution in [0.4, 0.5) is 11.4 Å². The van der Waals surface area contributed by atoms with Gasteiger partial charge >= 0.3 is 5.97 Å². The molecule has 122 valence electrons. The van der Waals surface area contributed by atoms with Crippen LogP contribution in [0.25, 0.3) is 0 Å². The maximum Gasteiger partial charge on any atom is 0.339 e. The second-order valence-electron chi connectivity index (χ2n) is 5.50. The molecule has 1 atom stereocenters. The number of benzene rings is 2. The van der Waals surface area contributed by atoms with Gasteiger partial charge in [0.25, 0.3) is 11.6 Å². The van der Waals surface area contributed by atoms with E-state index in [1.54, 1.807) is 43.3 Å². The minimum Gasteiger partial charge on any atom is -0.448 e. The Morgan fingerprint density at radius 3 is 2.79 bits per heavy atom. The maximum absolute atomic E-state index is 12.3. The van der Waals surface area contributed by atoms with E-state index >= 15 is 0 Å². The highest BCUT2D eigenvalue weighted by molar-refractivity contribution is 6.00. The van der Waals surface area contributed by atoms with Gasteiger partial charge in [-0.05, 0) is 24.6 Å². The smallest absolute Gasteiger partial charge is 0.339 e. The summed E-state index contributed by atoms with van der Waals surface area (Å²) in [5.41, 5.74) is 1.89. The Kier molecular flexibility index (Phi) is 3.99. The van der Waals surface area contributed by atoms with Crippen LogP contribution in [-0.4, -0.2) is 22.9 Å². The molecular formula is C17H14N2O5. The monoisotopic (exact) mass is 326 g/mol. The Bertz CT molecular complexity index is 847. The van der Waals surface area contributed by atoms with E-state index in [0.29, 0.717) is 11.1 Å². The number of carbonyl (C=O) groups excluding carboxylic acids is 2. The van der Waals surface area contributed by atoms with Gasteiger partial charge in [-0.3, -0.25) is 14.9 Å². The summed E-state index contributed by atoms with van der Waals surface area (Å²) < 4.78 is 5.16. The van der Waals surface area contributed by atoms with E-state index in [1.165, 1.54) is 6.07 Å². The molecule has 2 aromatic rings. The number of nitro benzene ring substituents is 1. The van der Waals surface area contributed by atoms with Crippen molar-refractivity contribution < 1.29 is 19.2 Å². The van der Waals surface area contributed by atoms with Crippen molar-refractivity contribution in [2.75, 3.05) is 5.32 Å². The van der Waals surface area contributed by atoms with Gasteiger partial charge in [-0.2, -0.15) is 0 Å². The lowest BCUT2D eigenvalue weighted by Crippen LogP contribution is -2.37. The van der Waals surface area contributed by atoms with Crippen LogP contribution in [0.1, 0.15) is 21.5 Å². The highest BCUT2D eigenvalue weighted by Gasteiger charge is 2.31. The fourth-order valence-electron chi connectivity index (χ4n) is 2.58. The fourth-order valence-corrected chi connectivity index (χ4v) is 2.58. The number of esters is 1. The van der Waals surface area contributed by atoms with Gasteiger partial charge in [0, 0.05) is 23.7 Å². The molecule has 7 nitrogen and oxygen atoms in total. The summed E-state index contributed by atoms with van der Waals surface area (Å²) >= 11 is 0. The SMILES string of the molecule is Cc1ccc(NC(=O)C2Cc3ccccc3C(=O)O2)cc1[N+](=O)[O-]. The molecular weight excluding hydrogens is 312 g/mol. The van der Waals surface area contributed by atoms with Crippen molar-refractivity contribution in [3.63, 3.8) is 0 Å². The minimum atomic E-state index is -0.965. The van der Waals surface area contributed by atoms with Crippen molar-refractivity contribution in [1.29, 1.82) is 0 Å². The molecule has 0 fully saturated rings. The summed E-state index contributed by atoms with van der Waals surface area (Å²) in [5.74, 6) is -1.07. The lowest BCUT2D eigenvalue weighted by atomic mass is 9.98. The molecule has 1 N–H and O–H groups in total. The van der Waals surface area contributed by atoms with Gasteiger partial charge in [-0.1, -0.05) is 24.3 Å². The standard InChI is InChI=1S/C17H14N2O5/c1-10-6-7-12(9-14(10)19(22)23)18-16(20)15-8-11-4-2-3-5-13(11)17(21)24-15/h2-7,9,15H,8H2,1H3,(H,18,20). The Balaban J connectivity index is 1.78. The summed E-state index contributed by atoms with van der Waals surface area (Å²) in [7, 11) is 0. The maximum atomic E-state index is 12.3. The van der Waals surface area contributed by atoms with Crippen molar-refractivity contribution in [2.45, 2.75) is 19.4 Å². The predicted octanol–water partition coefficient (Wildman–Crippen LogP) is 2.62. The number of amides is 1. The molecule has 3 rings (SSSR count). The molecule has 7 heteroatoms. The van der Waals surface area contributed by atoms with Crippen LogP contribution in [0, 0.1) is 17.0 Å². The number of aryl methyl sites for hydroxylation is 1. The number of fused-ring (bicyclic) bond motifs is 1. The molecule has 0 saturated heterocycles. The first-order chi connectivity index (χ1) is 11.5. The van der Waals surface area contributed by atoms with Crippen LogP contribution in [-0.2, 0) is 16.0 Å². The van der Waals surface area contributed by atoms with Gasteiger partial charge in [0.1, 0.15) is 0 Å². The summed E-state index contributed by atoms with van der Waals surface area (Å²) in [4.78, 5) is 34.7. The van der Waals surface area contributed by atoms with Crippen molar-refractivity contribution in [2.24, 2.45) is 0 Å². The topological polar surface area (TPSA) is 98.5 Å². The Morgan fingerprint density at radius 2 is 2.04 bits per heavy atom. The third-order valence-corrected chi connectivity index (χ3v) is 3.86. The molecule has 0 bridgehead atoms. The third-order valence-electron chi connectivity index (χ3n) is 3.86. The third kappa shape index (κ3) is 2.96. The first-order valence-corrected chi connectivity index (χ1v) is 7.30. The van der Waals surface area contributed by atoms with Gasteiger partial charge in [0.2, 0.25) is 0 Å². The largest absolute Gasteiger partial charge is 0.448 e. The van der Waals surface area contributed by atoms with Gasteiger partial charge in [-0.15, -0.1) is 0 Å². The highest BCUT2D eigenvalue weighted by atomic mass is 16.6. The van der Waals surface area contributed by atoms with E-state index in [0.717, 1.165) is 5.56 Å². The Labute approximate surface area is 137 Å². The van der Waals surface area contributed by atoms with E-state index in [2.05, 4.69) is 5.32 Å². The molecule has 0 spiro atoms. The number of nitrogens with one attached hydrogen (secondary N) is 1. The average molecular weight is 326 g/mol. The summed E-state index contributed by atoms with van der Waals surface area (Å²) in [6, 6.07) is 11.3. The normalized spacial score (nSPS) is 16.0. The highest BCUT2D eigenvalue weighted by Crippen LogP contribution is 2.24. The van der Waals surface area contributed by atoms with Gasteiger partial charge < -0.3 is 10.1 Å². The molecule has 0 radical (unpaired) electrons. The Hall–Kier alpha value is -3.22. The zero-order valence-electron chi connectivity index (χ0n) is 12.8. The first-order valence-electron chi connectivity index (χ1n) is 7.30. The lowest BCUT2D eigenvalue weighted by molar-refractivity contribution is -0.385. The number of rotatable bonds is 3. The quantitative estimate of drug-likeness (QED) is 0.531. The lowest BCUT2D eigenvalue weighted by Gasteiger charge is -2.23. The number of nitrogens with zero attached hydrogens (tertiary/aromatic N) is 1. The molecule has 1 unspecified atom stereocenters. The van der Waals surface area contributed by atoms with Crippen LogP contribution in [0.5, 0.6) is 0 Å². The van der Waals surface area contributed by atoms with E-state index in [1.807, 2.05) is 0 Å². The molecule has 0 aromatic heterocycles. The summed E-state index contributed by atoms with van der Waals surface area (Å²) in [6.45, 7) is 1.61. The number of anilines is 1. The second-order valence-corrected chi connectivity index (χ2v) is 5.50. The number of cyclic esters (lactones) is 1. The van der Waals surface area contributed by atoms with E-state index in [9.17, 15) is 19.7 Å². The number of nitro groups is 1. The zero-order valence-corrected chi connectivity index (χ0v) is 12.8. The number of hydrogen-bond acceptors (Lipinski definition) is 5. The van der Waals surface area contributed by atoms with E-state index in [-0.39, 0.29) is 17.8 Å². The van der Waals surface area contributed by atoms with Crippen molar-refractivity contribution in [3.8, 4) is 0 Å². The summed E-state index contributed by atoms with van der Waals surface area (Å²) in [5, 5.41) is 13.5. The fraction of sp³-hybridized carbons (Fsp3) is 0.176. The second kappa shape index (κ2) is 6.11. The number of hydrogen-bond donors (Lipinski definition) is 1. The van der Waals surface area contributed by atoms with Crippen molar-refractivity contribution in [1.82, 2.24) is 0 Å². The first kappa shape index (κ1) is 15.7. The zero-order chi connectivity index (χ0) is 17.3. The molecule has 24 heavy (non-hydrogen) atoms. The van der Waals surface area contributed by atoms with Crippen LogP contribution in [0.15, 0.2) is 42.5 Å². The van der Waals surface area contributed by atoms with Crippen LogP contribution in [0.3, 0.4) is 0 Å². The molecule has 1 aliphatic rings. The van der Waals surface area contributed by atoms with Crippen molar-refractivity contribution in [3.05, 3.63) is 69.3 Å². The van der Waals surface area contributed by atoms with E-state index < -0.39 is 22.9 Å². The molecule has 1 heterocycles. The number of carbonyl (C=O) groups is 2. The van der Waals surface area contributed by atoms with Gasteiger partial charge in [0.05, 0.1) is 10.5 Å². The molecule has 2 aromatic carbocycles. The van der Waals surface area contributed by atoms with Crippen LogP contribution < -0.4 is 5.32 Å². The predicted molar refractivity (Wildman–Crippen MR) is 85.8 cm³/mol. The minimum absolute atomic E-state index is 0.0845. The molecule has 0 saturated carbocycles. The number of ether oxygens (including phenoxy) is 1. The summed E-state index contributed by atoms with van der Waals surface area (Å²) in [6.07, 6.45) is -0.699.